The quantitative estimate of drug-likeness (QED) is 0.669. The van der Waals surface area contributed by atoms with E-state index in [2.05, 4.69) is 15.5 Å². The molecule has 10 nitrogen and oxygen atoms in total. The molecule has 1 saturated carbocycles. The van der Waals surface area contributed by atoms with Crippen molar-refractivity contribution >= 4 is 11.6 Å². The van der Waals surface area contributed by atoms with Gasteiger partial charge in [-0.05, 0) is 38.3 Å². The van der Waals surface area contributed by atoms with Crippen LogP contribution in [0.3, 0.4) is 0 Å². The number of hydrogen-bond donors (Lipinski definition) is 2. The van der Waals surface area contributed by atoms with Gasteiger partial charge in [0, 0.05) is 29.4 Å². The van der Waals surface area contributed by atoms with E-state index in [4.69, 9.17) is 5.73 Å². The molecule has 0 spiro atoms. The van der Waals surface area contributed by atoms with Gasteiger partial charge in [-0.2, -0.15) is 9.81 Å². The normalized spacial score (nSPS) is 37.7. The largest absolute Gasteiger partial charge is 0.400 e. The molecule has 0 saturated heterocycles. The van der Waals surface area contributed by atoms with Crippen LogP contribution < -0.4 is 5.73 Å². The van der Waals surface area contributed by atoms with Gasteiger partial charge in [0.05, 0.1) is 0 Å². The first-order valence-corrected chi connectivity index (χ1v) is 8.44. The molecule has 0 aromatic heterocycles. The number of aliphatic hydroxyl groups excluding tert-OH is 1. The second kappa shape index (κ2) is 7.90. The molecule has 0 bridgehead atoms. The van der Waals surface area contributed by atoms with Gasteiger partial charge in [-0.15, -0.1) is 4.91 Å². The lowest BCUT2D eigenvalue weighted by atomic mass is 9.59. The molecule has 0 aromatic rings. The Morgan fingerprint density at radius 2 is 1.62 bits per heavy atom. The molecule has 0 aromatic carbocycles. The average molecular weight is 366 g/mol. The zero-order valence-corrected chi connectivity index (χ0v) is 14.6. The predicted octanol–water partition coefficient (Wildman–Crippen LogP) is 1.39. The Morgan fingerprint density at radius 3 is 2.08 bits per heavy atom. The van der Waals surface area contributed by atoms with Crippen molar-refractivity contribution in [1.82, 2.24) is 0 Å². The van der Waals surface area contributed by atoms with Crippen LogP contribution in [0.2, 0.25) is 0 Å². The number of ketones is 2. The highest BCUT2D eigenvalue weighted by atomic mass is 16.3. The monoisotopic (exact) mass is 366 g/mol. The summed E-state index contributed by atoms with van der Waals surface area (Å²) in [4.78, 5) is 58.1. The number of hydrogen-bond acceptors (Lipinski definition) is 10. The van der Waals surface area contributed by atoms with Crippen LogP contribution in [0.4, 0.5) is 0 Å². The lowest BCUT2D eigenvalue weighted by molar-refractivity contribution is -0.133. The fraction of sp³-hybridized carbons (Fsp3) is 0.750. The van der Waals surface area contributed by atoms with Gasteiger partial charge in [0.1, 0.15) is 35.5 Å². The third-order valence-corrected chi connectivity index (χ3v) is 5.75. The van der Waals surface area contributed by atoms with Crippen molar-refractivity contribution in [2.24, 2.45) is 44.9 Å². The molecule has 0 aliphatic heterocycles. The highest BCUT2D eigenvalue weighted by Crippen LogP contribution is 2.47. The molecule has 2 aliphatic rings. The Labute approximate surface area is 149 Å². The fourth-order valence-corrected chi connectivity index (χ4v) is 4.51. The summed E-state index contributed by atoms with van der Waals surface area (Å²) < 4.78 is 0. The number of allylic oxidation sites excluding steroid dienone is 1. The second-order valence-corrected chi connectivity index (χ2v) is 7.09. The smallest absolute Gasteiger partial charge is 0.133 e. The summed E-state index contributed by atoms with van der Waals surface area (Å²) in [5.74, 6) is -3.95. The third kappa shape index (κ3) is 3.33. The maximum absolute atomic E-state index is 12.2. The Balaban J connectivity index is 2.60. The molecule has 142 valence electrons. The summed E-state index contributed by atoms with van der Waals surface area (Å²) in [6.45, 7) is 2.65. The number of carbonyl (C=O) groups excluding carboxylic acids is 2. The summed E-state index contributed by atoms with van der Waals surface area (Å²) in [5, 5.41) is 19.4. The number of nitrogens with two attached hydrogens (primary N) is 1. The Hall–Kier alpha value is -2.36. The van der Waals surface area contributed by atoms with E-state index < -0.39 is 41.9 Å². The number of nitroso groups, excluding NO2 is 3. The summed E-state index contributed by atoms with van der Waals surface area (Å²) in [6.07, 6.45) is -1.06. The van der Waals surface area contributed by atoms with Crippen LogP contribution in [-0.4, -0.2) is 34.9 Å². The summed E-state index contributed by atoms with van der Waals surface area (Å²) in [7, 11) is 0. The standard InChI is InChI=1S/C16H22N4O6/c1-6(21)8-3-4-11(18-24)15(20-26)12(8)13-9(7(2)22)5-10(17)14(19-25)16(13)23/h8-9,11-13,15-16,23H,3-5,17H2,1-2H3. The summed E-state index contributed by atoms with van der Waals surface area (Å²) in [6, 6.07) is -2.13. The first kappa shape index (κ1) is 20.0. The van der Waals surface area contributed by atoms with Crippen molar-refractivity contribution in [3.63, 3.8) is 0 Å². The predicted molar refractivity (Wildman–Crippen MR) is 91.4 cm³/mol. The van der Waals surface area contributed by atoms with E-state index in [0.717, 1.165) is 0 Å². The van der Waals surface area contributed by atoms with Gasteiger partial charge in [-0.1, -0.05) is 10.4 Å². The number of aliphatic hydroxyl groups is 1. The number of Topliss-reactive ketones (excluding diaryl/α,β-unsaturated/α-hetero) is 2. The van der Waals surface area contributed by atoms with Gasteiger partial charge < -0.3 is 10.8 Å². The van der Waals surface area contributed by atoms with Crippen molar-refractivity contribution in [1.29, 1.82) is 0 Å². The van der Waals surface area contributed by atoms with Crippen molar-refractivity contribution in [2.75, 3.05) is 0 Å². The molecule has 7 atom stereocenters. The molecule has 3 N–H and O–H groups in total. The van der Waals surface area contributed by atoms with Crippen LogP contribution in [0.15, 0.2) is 26.9 Å². The van der Waals surface area contributed by atoms with Gasteiger partial charge in [0.2, 0.25) is 0 Å². The SMILES string of the molecule is CC(=O)C1CC(N)=C(N=O)C(O)C1C1C(C(C)=O)CCC(N=O)C1N=O. The molecule has 1 fully saturated rings. The minimum absolute atomic E-state index is 0.000177. The molecular weight excluding hydrogens is 344 g/mol. The van der Waals surface area contributed by atoms with E-state index in [-0.39, 0.29) is 42.2 Å². The average Bonchev–Trinajstić information content (AvgIpc) is 2.60. The van der Waals surface area contributed by atoms with Crippen molar-refractivity contribution in [3.8, 4) is 0 Å². The van der Waals surface area contributed by atoms with E-state index in [0.29, 0.717) is 0 Å². The van der Waals surface area contributed by atoms with Crippen LogP contribution in [-0.2, 0) is 9.59 Å². The Morgan fingerprint density at radius 1 is 1.00 bits per heavy atom. The van der Waals surface area contributed by atoms with E-state index in [1.54, 1.807) is 0 Å². The lowest BCUT2D eigenvalue weighted by Crippen LogP contribution is -2.53. The molecule has 0 radical (unpaired) electrons. The number of carbonyl (C=O) groups is 2. The van der Waals surface area contributed by atoms with Gasteiger partial charge in [-0.3, -0.25) is 9.59 Å². The van der Waals surface area contributed by atoms with Crippen LogP contribution in [0.1, 0.15) is 33.1 Å². The molecule has 26 heavy (non-hydrogen) atoms. The zero-order valence-electron chi connectivity index (χ0n) is 14.6. The van der Waals surface area contributed by atoms with E-state index >= 15 is 0 Å². The van der Waals surface area contributed by atoms with Crippen LogP contribution in [0.5, 0.6) is 0 Å². The van der Waals surface area contributed by atoms with Crippen molar-refractivity contribution in [3.05, 3.63) is 26.1 Å². The third-order valence-electron chi connectivity index (χ3n) is 5.75. The first-order chi connectivity index (χ1) is 12.3. The first-order valence-electron chi connectivity index (χ1n) is 8.44. The minimum atomic E-state index is -1.53. The molecule has 0 heterocycles. The molecule has 0 amide bonds. The number of nitrogens with zero attached hydrogens (tertiary/aromatic N) is 3. The molecule has 7 unspecified atom stereocenters. The van der Waals surface area contributed by atoms with Gasteiger partial charge in [0.25, 0.3) is 0 Å². The maximum Gasteiger partial charge on any atom is 0.133 e. The topological polar surface area (TPSA) is 169 Å². The Kier molecular flexibility index (Phi) is 6.06. The van der Waals surface area contributed by atoms with Crippen LogP contribution in [0, 0.1) is 38.4 Å². The highest BCUT2D eigenvalue weighted by Gasteiger charge is 2.54. The molecule has 10 heteroatoms. The number of rotatable bonds is 6. The minimum Gasteiger partial charge on any atom is -0.400 e. The van der Waals surface area contributed by atoms with Crippen molar-refractivity contribution in [2.45, 2.75) is 51.3 Å². The van der Waals surface area contributed by atoms with Gasteiger partial charge in [0.15, 0.2) is 0 Å². The Bertz CT molecular complexity index is 663. The molecule has 2 aliphatic carbocycles. The van der Waals surface area contributed by atoms with Crippen LogP contribution in [0.25, 0.3) is 0 Å². The summed E-state index contributed by atoms with van der Waals surface area (Å²) >= 11 is 0. The maximum atomic E-state index is 12.2. The zero-order chi connectivity index (χ0) is 19.6. The van der Waals surface area contributed by atoms with Crippen LogP contribution >= 0.6 is 0 Å². The fourth-order valence-electron chi connectivity index (χ4n) is 4.51. The van der Waals surface area contributed by atoms with Gasteiger partial charge in [-0.25, -0.2) is 0 Å². The molecular formula is C16H22N4O6. The summed E-state index contributed by atoms with van der Waals surface area (Å²) in [5.41, 5.74) is 5.46. The van der Waals surface area contributed by atoms with Gasteiger partial charge >= 0.3 is 0 Å². The second-order valence-electron chi connectivity index (χ2n) is 7.09. The lowest BCUT2D eigenvalue weighted by Gasteiger charge is -2.46. The molecule has 2 rings (SSSR count). The highest BCUT2D eigenvalue weighted by molar-refractivity contribution is 5.81. The van der Waals surface area contributed by atoms with E-state index in [9.17, 15) is 29.4 Å². The van der Waals surface area contributed by atoms with Crippen molar-refractivity contribution < 1.29 is 14.7 Å². The van der Waals surface area contributed by atoms with E-state index in [1.165, 1.54) is 13.8 Å². The van der Waals surface area contributed by atoms with E-state index in [1.807, 2.05) is 0 Å².